The summed E-state index contributed by atoms with van der Waals surface area (Å²) in [4.78, 5) is 18.4. The van der Waals surface area contributed by atoms with Gasteiger partial charge in [-0.25, -0.2) is 4.98 Å². The maximum atomic E-state index is 12.2. The van der Waals surface area contributed by atoms with E-state index < -0.39 is 0 Å². The van der Waals surface area contributed by atoms with Crippen LogP contribution in [0.25, 0.3) is 11.0 Å². The van der Waals surface area contributed by atoms with Gasteiger partial charge in [-0.05, 0) is 12.1 Å². The van der Waals surface area contributed by atoms with Crippen LogP contribution in [-0.4, -0.2) is 45.0 Å². The van der Waals surface area contributed by atoms with Crippen LogP contribution in [0, 0.1) is 0 Å². The molecule has 1 aliphatic heterocycles. The maximum absolute atomic E-state index is 12.2. The van der Waals surface area contributed by atoms with Crippen LogP contribution in [0.3, 0.4) is 0 Å². The number of benzene rings is 1. The normalized spacial score (nSPS) is 16.1. The highest BCUT2D eigenvalue weighted by Crippen LogP contribution is 2.13. The molecule has 2 heterocycles. The van der Waals surface area contributed by atoms with E-state index in [9.17, 15) is 4.79 Å². The van der Waals surface area contributed by atoms with Gasteiger partial charge in [-0.3, -0.25) is 4.79 Å². The third-order valence-corrected chi connectivity index (χ3v) is 4.14. The predicted octanol–water partition coefficient (Wildman–Crippen LogP) is 1.61. The monoisotopic (exact) mass is 261 g/mol. The van der Waals surface area contributed by atoms with Crippen molar-refractivity contribution in [2.45, 2.75) is 6.54 Å². The van der Waals surface area contributed by atoms with Gasteiger partial charge in [0.2, 0.25) is 5.91 Å². The number of carbonyl (C=O) groups is 1. The highest BCUT2D eigenvalue weighted by molar-refractivity contribution is 7.99. The number of thioether (sulfide) groups is 1. The van der Waals surface area contributed by atoms with E-state index >= 15 is 0 Å². The molecule has 0 bridgehead atoms. The van der Waals surface area contributed by atoms with E-state index in [1.807, 2.05) is 45.5 Å². The standard InChI is InChI=1S/C13H15N3OS/c17-13(15-5-7-18-8-6-15)9-16-10-14-11-3-1-2-4-12(11)16/h1-4,10H,5-9H2. The SMILES string of the molecule is O=C(Cn1cnc2ccccc21)N1CCSCC1. The number of aromatic nitrogens is 2. The van der Waals surface area contributed by atoms with Crippen molar-refractivity contribution in [3.63, 3.8) is 0 Å². The van der Waals surface area contributed by atoms with Gasteiger partial charge < -0.3 is 9.47 Å². The van der Waals surface area contributed by atoms with Gasteiger partial charge in [0.25, 0.3) is 0 Å². The van der Waals surface area contributed by atoms with E-state index in [0.29, 0.717) is 6.54 Å². The van der Waals surface area contributed by atoms with E-state index in [2.05, 4.69) is 4.98 Å². The van der Waals surface area contributed by atoms with Crippen molar-refractivity contribution < 1.29 is 4.79 Å². The summed E-state index contributed by atoms with van der Waals surface area (Å²) in [6.07, 6.45) is 1.75. The molecule has 0 unspecified atom stereocenters. The Labute approximate surface area is 110 Å². The van der Waals surface area contributed by atoms with E-state index in [0.717, 1.165) is 35.6 Å². The minimum absolute atomic E-state index is 0.193. The van der Waals surface area contributed by atoms with Crippen LogP contribution in [0.2, 0.25) is 0 Å². The first-order valence-corrected chi connectivity index (χ1v) is 7.25. The van der Waals surface area contributed by atoms with Gasteiger partial charge in [0, 0.05) is 24.6 Å². The zero-order valence-electron chi connectivity index (χ0n) is 10.1. The molecule has 1 aromatic carbocycles. The summed E-state index contributed by atoms with van der Waals surface area (Å²) < 4.78 is 1.93. The predicted molar refractivity (Wildman–Crippen MR) is 73.6 cm³/mol. The number of carbonyl (C=O) groups excluding carboxylic acids is 1. The van der Waals surface area contributed by atoms with Gasteiger partial charge in [-0.1, -0.05) is 12.1 Å². The van der Waals surface area contributed by atoms with Crippen molar-refractivity contribution >= 4 is 28.7 Å². The Morgan fingerprint density at radius 1 is 1.28 bits per heavy atom. The third-order valence-electron chi connectivity index (χ3n) is 3.20. The summed E-state index contributed by atoms with van der Waals surface area (Å²) in [6.45, 7) is 2.14. The fraction of sp³-hybridized carbons (Fsp3) is 0.385. The van der Waals surface area contributed by atoms with Gasteiger partial charge in [0.15, 0.2) is 0 Å². The van der Waals surface area contributed by atoms with Crippen LogP contribution in [0.1, 0.15) is 0 Å². The Kier molecular flexibility index (Phi) is 3.23. The van der Waals surface area contributed by atoms with Crippen molar-refractivity contribution in [2.24, 2.45) is 0 Å². The van der Waals surface area contributed by atoms with Gasteiger partial charge in [0.1, 0.15) is 6.54 Å². The van der Waals surface area contributed by atoms with E-state index in [1.165, 1.54) is 0 Å². The number of hydrogen-bond acceptors (Lipinski definition) is 3. The molecule has 0 N–H and O–H groups in total. The smallest absolute Gasteiger partial charge is 0.242 e. The van der Waals surface area contributed by atoms with Gasteiger partial charge >= 0.3 is 0 Å². The average Bonchev–Trinajstić information content (AvgIpc) is 2.83. The molecule has 4 nitrogen and oxygen atoms in total. The van der Waals surface area contributed by atoms with E-state index in [-0.39, 0.29) is 5.91 Å². The fourth-order valence-electron chi connectivity index (χ4n) is 2.19. The molecule has 5 heteroatoms. The maximum Gasteiger partial charge on any atom is 0.242 e. The summed E-state index contributed by atoms with van der Waals surface area (Å²) in [5.41, 5.74) is 1.97. The Balaban J connectivity index is 1.77. The van der Waals surface area contributed by atoms with Crippen molar-refractivity contribution in [2.75, 3.05) is 24.6 Å². The topological polar surface area (TPSA) is 38.1 Å². The molecule has 18 heavy (non-hydrogen) atoms. The van der Waals surface area contributed by atoms with Crippen LogP contribution in [0.4, 0.5) is 0 Å². The van der Waals surface area contributed by atoms with Gasteiger partial charge in [0.05, 0.1) is 17.4 Å². The molecule has 1 aromatic heterocycles. The van der Waals surface area contributed by atoms with E-state index in [1.54, 1.807) is 6.33 Å². The van der Waals surface area contributed by atoms with E-state index in [4.69, 9.17) is 0 Å². The molecule has 0 atom stereocenters. The van der Waals surface area contributed by atoms with Crippen molar-refractivity contribution in [3.05, 3.63) is 30.6 Å². The van der Waals surface area contributed by atoms with Crippen LogP contribution in [-0.2, 0) is 11.3 Å². The molecule has 0 radical (unpaired) electrons. The highest BCUT2D eigenvalue weighted by atomic mass is 32.2. The van der Waals surface area contributed by atoms with Crippen molar-refractivity contribution in [1.82, 2.24) is 14.5 Å². The number of nitrogens with zero attached hydrogens (tertiary/aromatic N) is 3. The number of imidazole rings is 1. The minimum atomic E-state index is 0.193. The highest BCUT2D eigenvalue weighted by Gasteiger charge is 2.17. The molecule has 1 amide bonds. The van der Waals surface area contributed by atoms with Crippen LogP contribution in [0.15, 0.2) is 30.6 Å². The number of fused-ring (bicyclic) bond motifs is 1. The molecule has 1 fully saturated rings. The second kappa shape index (κ2) is 5.02. The van der Waals surface area contributed by atoms with Gasteiger partial charge in [-0.15, -0.1) is 0 Å². The Morgan fingerprint density at radius 3 is 2.89 bits per heavy atom. The Morgan fingerprint density at radius 2 is 2.06 bits per heavy atom. The molecule has 1 aliphatic rings. The molecule has 94 valence electrons. The molecule has 0 aliphatic carbocycles. The molecule has 3 rings (SSSR count). The number of para-hydroxylation sites is 2. The first-order chi connectivity index (χ1) is 8.84. The zero-order valence-corrected chi connectivity index (χ0v) is 10.9. The Hall–Kier alpha value is -1.49. The van der Waals surface area contributed by atoms with Crippen molar-refractivity contribution in [1.29, 1.82) is 0 Å². The lowest BCUT2D eigenvalue weighted by Gasteiger charge is -2.26. The fourth-order valence-corrected chi connectivity index (χ4v) is 3.10. The lowest BCUT2D eigenvalue weighted by molar-refractivity contribution is -0.131. The average molecular weight is 261 g/mol. The lowest BCUT2D eigenvalue weighted by atomic mass is 10.3. The van der Waals surface area contributed by atoms with Crippen molar-refractivity contribution in [3.8, 4) is 0 Å². The summed E-state index contributed by atoms with van der Waals surface area (Å²) in [6, 6.07) is 7.90. The number of rotatable bonds is 2. The summed E-state index contributed by atoms with van der Waals surface area (Å²) >= 11 is 1.91. The largest absolute Gasteiger partial charge is 0.339 e. The summed E-state index contributed by atoms with van der Waals surface area (Å²) in [5.74, 6) is 2.30. The summed E-state index contributed by atoms with van der Waals surface area (Å²) in [7, 11) is 0. The van der Waals surface area contributed by atoms with Crippen LogP contribution < -0.4 is 0 Å². The first kappa shape index (κ1) is 11.6. The van der Waals surface area contributed by atoms with Crippen LogP contribution in [0.5, 0.6) is 0 Å². The first-order valence-electron chi connectivity index (χ1n) is 6.10. The Bertz CT molecular complexity index is 560. The molecule has 0 spiro atoms. The zero-order chi connectivity index (χ0) is 12.4. The minimum Gasteiger partial charge on any atom is -0.339 e. The van der Waals surface area contributed by atoms with Gasteiger partial charge in [-0.2, -0.15) is 11.8 Å². The second-order valence-corrected chi connectivity index (χ2v) is 5.58. The quantitative estimate of drug-likeness (QED) is 0.824. The third kappa shape index (κ3) is 2.22. The second-order valence-electron chi connectivity index (χ2n) is 4.35. The lowest BCUT2D eigenvalue weighted by Crippen LogP contribution is -2.39. The molecule has 1 saturated heterocycles. The van der Waals surface area contributed by atoms with Crippen LogP contribution >= 0.6 is 11.8 Å². The molecule has 2 aromatic rings. The number of hydrogen-bond donors (Lipinski definition) is 0. The molecular weight excluding hydrogens is 246 g/mol. The molecule has 0 saturated carbocycles. The summed E-state index contributed by atoms with van der Waals surface area (Å²) in [5, 5.41) is 0. The number of amides is 1. The molecular formula is C13H15N3OS.